The zero-order chi connectivity index (χ0) is 49.7. The molecule has 0 bridgehead atoms. The number of esters is 2. The molecule has 0 unspecified atom stereocenters. The van der Waals surface area contributed by atoms with Gasteiger partial charge in [0.15, 0.2) is 34.6 Å². The molecule has 8 nitrogen and oxygen atoms in total. The second-order valence-corrected chi connectivity index (χ2v) is 15.4. The Morgan fingerprint density at radius 1 is 0.471 bits per heavy atom. The van der Waals surface area contributed by atoms with Crippen molar-refractivity contribution in [2.75, 3.05) is 0 Å². The van der Waals surface area contributed by atoms with E-state index in [-0.39, 0.29) is 35.8 Å². The Bertz CT molecular complexity index is 2130. The van der Waals surface area contributed by atoms with E-state index in [4.69, 9.17) is 9.47 Å². The summed E-state index contributed by atoms with van der Waals surface area (Å²) in [5.74, 6) is -2.42. The van der Waals surface area contributed by atoms with Crippen molar-refractivity contribution in [3.63, 3.8) is 0 Å². The SMILES string of the molecule is CC/C=C\C/C=C\C/C=C\C/C=C\C/C=C\CCC.CC/C=C\C/C=C\C/C=C\C/C=C\C/C=C\CCCC(=O)Oc1ccc(/C=C/C(=O)CC(=O)/C=C/c2ccc(OC(C)=O)c(O)c2)cc1O. The van der Waals surface area contributed by atoms with Crippen LogP contribution in [0.5, 0.6) is 23.0 Å². The summed E-state index contributed by atoms with van der Waals surface area (Å²) in [6.45, 7) is 7.71. The fourth-order valence-electron chi connectivity index (χ4n) is 5.71. The normalized spacial score (nSPS) is 12.4. The molecule has 0 radical (unpaired) electrons. The summed E-state index contributed by atoms with van der Waals surface area (Å²) in [4.78, 5) is 47.7. The molecule has 0 saturated heterocycles. The molecule has 0 aliphatic carbocycles. The Morgan fingerprint density at radius 2 is 0.824 bits per heavy atom. The molecule has 0 saturated carbocycles. The molecule has 2 N–H and O–H groups in total. The van der Waals surface area contributed by atoms with Gasteiger partial charge in [0, 0.05) is 13.3 Å². The number of rotatable bonds is 32. The van der Waals surface area contributed by atoms with Gasteiger partial charge in [-0.3, -0.25) is 19.2 Å². The van der Waals surface area contributed by atoms with Crippen LogP contribution in [0.4, 0.5) is 0 Å². The first kappa shape index (κ1) is 59.2. The molecule has 0 amide bonds. The zero-order valence-corrected chi connectivity index (χ0v) is 41.0. The molecule has 0 spiro atoms. The molecule has 0 aromatic heterocycles. The quantitative estimate of drug-likeness (QED) is 0.0185. The summed E-state index contributed by atoms with van der Waals surface area (Å²) < 4.78 is 10.1. The van der Waals surface area contributed by atoms with Crippen molar-refractivity contribution < 1.29 is 38.9 Å². The highest BCUT2D eigenvalue weighted by Crippen LogP contribution is 2.29. The van der Waals surface area contributed by atoms with Gasteiger partial charge in [0.2, 0.25) is 0 Å². The fraction of sp³-hybridized carbons (Fsp3) is 0.333. The van der Waals surface area contributed by atoms with Crippen molar-refractivity contribution in [3.05, 3.63) is 181 Å². The van der Waals surface area contributed by atoms with E-state index in [1.165, 1.54) is 68.3 Å². The predicted molar refractivity (Wildman–Crippen MR) is 284 cm³/mol. The lowest BCUT2D eigenvalue weighted by molar-refractivity contribution is -0.134. The van der Waals surface area contributed by atoms with Crippen LogP contribution in [0.1, 0.15) is 142 Å². The lowest BCUT2D eigenvalue weighted by atomic mass is 10.1. The predicted octanol–water partition coefficient (Wildman–Crippen LogP) is 15.6. The van der Waals surface area contributed by atoms with Gasteiger partial charge in [-0.05, 0) is 131 Å². The Morgan fingerprint density at radius 3 is 1.18 bits per heavy atom. The van der Waals surface area contributed by atoms with Crippen molar-refractivity contribution in [1.29, 1.82) is 0 Å². The molecule has 0 atom stereocenters. The van der Waals surface area contributed by atoms with Crippen LogP contribution < -0.4 is 9.47 Å². The summed E-state index contributed by atoms with van der Waals surface area (Å²) >= 11 is 0. The van der Waals surface area contributed by atoms with Crippen LogP contribution in [0.3, 0.4) is 0 Å². The highest BCUT2D eigenvalue weighted by Gasteiger charge is 2.10. The summed E-state index contributed by atoms with van der Waals surface area (Å²) in [6, 6.07) is 8.64. The van der Waals surface area contributed by atoms with Crippen molar-refractivity contribution >= 4 is 35.7 Å². The lowest BCUT2D eigenvalue weighted by Gasteiger charge is -2.06. The van der Waals surface area contributed by atoms with Crippen LogP contribution in [0, 0.1) is 0 Å². The van der Waals surface area contributed by atoms with Crippen molar-refractivity contribution in [1.82, 2.24) is 0 Å². The van der Waals surface area contributed by atoms with Gasteiger partial charge in [0.1, 0.15) is 0 Å². The van der Waals surface area contributed by atoms with E-state index in [1.54, 1.807) is 12.1 Å². The number of aromatic hydroxyl groups is 2. The summed E-state index contributed by atoms with van der Waals surface area (Å²) in [7, 11) is 0. The average molecular weight is 925 g/mol. The maximum atomic E-state index is 12.3. The van der Waals surface area contributed by atoms with Gasteiger partial charge in [-0.2, -0.15) is 0 Å². The van der Waals surface area contributed by atoms with Crippen molar-refractivity contribution in [2.24, 2.45) is 0 Å². The highest BCUT2D eigenvalue weighted by molar-refractivity contribution is 6.10. The number of phenolic OH excluding ortho intramolecular Hbond substituents is 2. The average Bonchev–Trinajstić information content (AvgIpc) is 3.31. The monoisotopic (exact) mass is 925 g/mol. The topological polar surface area (TPSA) is 127 Å². The van der Waals surface area contributed by atoms with E-state index >= 15 is 0 Å². The van der Waals surface area contributed by atoms with Crippen LogP contribution in [0.15, 0.2) is 170 Å². The Hall–Kier alpha value is -6.80. The van der Waals surface area contributed by atoms with Gasteiger partial charge in [0.25, 0.3) is 0 Å². The van der Waals surface area contributed by atoms with Crippen LogP contribution in [0.25, 0.3) is 12.2 Å². The number of unbranched alkanes of at least 4 members (excludes halogenated alkanes) is 2. The number of carbonyl (C=O) groups excluding carboxylic acids is 4. The number of hydrogen-bond donors (Lipinski definition) is 2. The Labute approximate surface area is 407 Å². The minimum Gasteiger partial charge on any atom is -0.504 e. The molecule has 8 heteroatoms. The maximum Gasteiger partial charge on any atom is 0.311 e. The van der Waals surface area contributed by atoms with Gasteiger partial charge >= 0.3 is 11.9 Å². The number of benzene rings is 2. The van der Waals surface area contributed by atoms with E-state index < -0.39 is 23.5 Å². The van der Waals surface area contributed by atoms with E-state index in [0.29, 0.717) is 17.5 Å². The number of carbonyl (C=O) groups is 4. The number of allylic oxidation sites excluding steroid dienone is 22. The molecule has 2 aromatic rings. The molecule has 364 valence electrons. The first-order valence-corrected chi connectivity index (χ1v) is 24.1. The van der Waals surface area contributed by atoms with Crippen molar-refractivity contribution in [2.45, 2.75) is 130 Å². The molecule has 0 fully saturated rings. The minimum absolute atomic E-state index is 0.00145. The number of hydrogen-bond acceptors (Lipinski definition) is 8. The number of ketones is 2. The third kappa shape index (κ3) is 34.5. The van der Waals surface area contributed by atoms with Gasteiger partial charge in [-0.1, -0.05) is 173 Å². The molecule has 2 rings (SSSR count). The van der Waals surface area contributed by atoms with E-state index in [2.05, 4.69) is 136 Å². The molecular formula is C60H76O8. The summed E-state index contributed by atoms with van der Waals surface area (Å²) in [5.41, 5.74) is 0.960. The van der Waals surface area contributed by atoms with Gasteiger partial charge in [-0.25, -0.2) is 0 Å². The van der Waals surface area contributed by atoms with Crippen LogP contribution in [-0.4, -0.2) is 33.7 Å². The molecular weight excluding hydrogens is 849 g/mol. The molecule has 0 aliphatic heterocycles. The molecule has 0 aliphatic rings. The molecule has 68 heavy (non-hydrogen) atoms. The second-order valence-electron chi connectivity index (χ2n) is 15.4. The summed E-state index contributed by atoms with van der Waals surface area (Å²) in [6.07, 6.45) is 62.7. The number of phenols is 2. The van der Waals surface area contributed by atoms with Crippen LogP contribution in [0.2, 0.25) is 0 Å². The van der Waals surface area contributed by atoms with Crippen LogP contribution in [-0.2, 0) is 19.2 Å². The van der Waals surface area contributed by atoms with Gasteiger partial charge < -0.3 is 19.7 Å². The molecule has 2 aromatic carbocycles. The highest BCUT2D eigenvalue weighted by atomic mass is 16.5. The Balaban J connectivity index is 0.00000102. The fourth-order valence-corrected chi connectivity index (χ4v) is 5.71. The first-order chi connectivity index (χ1) is 33.1. The summed E-state index contributed by atoms with van der Waals surface area (Å²) in [5, 5.41) is 20.2. The maximum absolute atomic E-state index is 12.3. The second kappa shape index (κ2) is 41.6. The van der Waals surface area contributed by atoms with E-state index in [1.807, 2.05) is 6.08 Å². The van der Waals surface area contributed by atoms with Gasteiger partial charge in [-0.15, -0.1) is 0 Å². The third-order valence-corrected chi connectivity index (χ3v) is 9.24. The standard InChI is InChI=1S/C41H46O8.C19H30/c1-3-4-5-6-7-8-9-10-11-12-13-14-15-16-17-18-19-20-41(47)49-40-28-24-34(30-38(40)46)22-26-36(44)31-35(43)25-21-33-23-27-39(37(45)29-33)48-32(2)42;1-3-5-7-9-11-13-15-17-19-18-16-14-12-10-8-6-4-2/h4-5,7-8,10-11,13-14,16-17,21-30,45-46H,3,6,9,12,15,18-20,31H2,1-2H3;5,7-8,10-11,13-14,16-17,19H,3-4,6,9,12,15,18H2,1-2H3/b5-4-,8-7-,11-10-,14-13-,17-16-,25-21+,26-22+;7-5-,10-8-,13-11-,16-14-,19-17-. The zero-order valence-electron chi connectivity index (χ0n) is 41.0. The van der Waals surface area contributed by atoms with Crippen LogP contribution >= 0.6 is 0 Å². The first-order valence-electron chi connectivity index (χ1n) is 24.1. The third-order valence-electron chi connectivity index (χ3n) is 9.24. The molecule has 0 heterocycles. The van der Waals surface area contributed by atoms with E-state index in [0.717, 1.165) is 70.6 Å². The lowest BCUT2D eigenvalue weighted by Crippen LogP contribution is -2.07. The smallest absolute Gasteiger partial charge is 0.311 e. The van der Waals surface area contributed by atoms with Crippen molar-refractivity contribution in [3.8, 4) is 23.0 Å². The Kier molecular flexibility index (Phi) is 36.2. The number of ether oxygens (including phenoxy) is 2. The largest absolute Gasteiger partial charge is 0.504 e. The van der Waals surface area contributed by atoms with E-state index in [9.17, 15) is 29.4 Å². The van der Waals surface area contributed by atoms with Gasteiger partial charge in [0.05, 0.1) is 6.42 Å². The minimum atomic E-state index is -0.575.